The lowest BCUT2D eigenvalue weighted by atomic mass is 9.80. The highest BCUT2D eigenvalue weighted by molar-refractivity contribution is 6.73. The van der Waals surface area contributed by atoms with Crippen LogP contribution < -0.4 is 10.2 Å². The van der Waals surface area contributed by atoms with Crippen molar-refractivity contribution in [2.45, 2.75) is 0 Å². The van der Waals surface area contributed by atoms with E-state index in [4.69, 9.17) is 14.2 Å². The van der Waals surface area contributed by atoms with Crippen LogP contribution in [0.1, 0.15) is 0 Å². The van der Waals surface area contributed by atoms with Gasteiger partial charge in [-0.1, -0.05) is 11.5 Å². The Kier molecular flexibility index (Phi) is 6.10. The molecule has 0 saturated heterocycles. The van der Waals surface area contributed by atoms with Crippen LogP contribution in [0, 0.1) is 5.82 Å². The van der Waals surface area contributed by atoms with Crippen LogP contribution in [-0.2, 0) is 9.47 Å². The molecule has 0 atom stereocenters. The fraction of sp³-hybridized carbons (Fsp3) is 0.455. The topological polar surface area (TPSA) is 27.7 Å². The van der Waals surface area contributed by atoms with E-state index in [1.54, 1.807) is 0 Å². The van der Waals surface area contributed by atoms with Crippen molar-refractivity contribution < 1.29 is 31.5 Å². The highest BCUT2D eigenvalue weighted by Crippen LogP contribution is 2.16. The second-order valence-electron chi connectivity index (χ2n) is 3.71. The molecule has 0 radical (unpaired) electrons. The first-order chi connectivity index (χ1) is 8.95. The van der Waals surface area contributed by atoms with Gasteiger partial charge in [0.25, 0.3) is 0 Å². The molecule has 1 rings (SSSR count). The SMILES string of the molecule is COCCOCCOc1ccc([B-](F)(F)F)c(F)c1. The number of hydrogen-bond donors (Lipinski definition) is 0. The van der Waals surface area contributed by atoms with Crippen LogP contribution >= 0.6 is 0 Å². The molecule has 0 amide bonds. The van der Waals surface area contributed by atoms with E-state index >= 15 is 0 Å². The first-order valence-corrected chi connectivity index (χ1v) is 5.64. The van der Waals surface area contributed by atoms with Crippen molar-refractivity contribution in [2.24, 2.45) is 0 Å². The van der Waals surface area contributed by atoms with E-state index in [-0.39, 0.29) is 19.0 Å². The summed E-state index contributed by atoms with van der Waals surface area (Å²) in [6.07, 6.45) is 0. The highest BCUT2D eigenvalue weighted by Gasteiger charge is 2.28. The van der Waals surface area contributed by atoms with Crippen molar-refractivity contribution in [2.75, 3.05) is 33.5 Å². The quantitative estimate of drug-likeness (QED) is 0.414. The predicted molar refractivity (Wildman–Crippen MR) is 63.3 cm³/mol. The Hall–Kier alpha value is -1.28. The van der Waals surface area contributed by atoms with E-state index in [1.807, 2.05) is 0 Å². The summed E-state index contributed by atoms with van der Waals surface area (Å²) in [4.78, 5) is 0. The minimum atomic E-state index is -5.34. The zero-order valence-corrected chi connectivity index (χ0v) is 10.4. The molecular weight excluding hydrogens is 267 g/mol. The molecule has 0 fully saturated rings. The van der Waals surface area contributed by atoms with Gasteiger partial charge in [-0.3, -0.25) is 0 Å². The molecular formula is C11H14BF4O3-. The Balaban J connectivity index is 2.42. The number of halogens is 4. The van der Waals surface area contributed by atoms with Crippen molar-refractivity contribution in [1.29, 1.82) is 0 Å². The largest absolute Gasteiger partial charge is 0.512 e. The summed E-state index contributed by atoms with van der Waals surface area (Å²) in [6.45, 7) is -4.14. The Morgan fingerprint density at radius 1 is 1.05 bits per heavy atom. The molecule has 0 aromatic heterocycles. The fourth-order valence-corrected chi connectivity index (χ4v) is 1.33. The van der Waals surface area contributed by atoms with Gasteiger partial charge in [-0.25, -0.2) is 4.39 Å². The molecule has 0 aliphatic rings. The standard InChI is InChI=1S/C11H14BF4O3/c1-17-4-5-18-6-7-19-9-2-3-10(11(13)8-9)12(14,15)16/h2-3,8H,4-7H2,1H3/q-1. The number of benzene rings is 1. The summed E-state index contributed by atoms with van der Waals surface area (Å²) >= 11 is 0. The van der Waals surface area contributed by atoms with Crippen LogP contribution in [0.4, 0.5) is 17.3 Å². The zero-order valence-electron chi connectivity index (χ0n) is 10.4. The van der Waals surface area contributed by atoms with Crippen molar-refractivity contribution in [1.82, 2.24) is 0 Å². The van der Waals surface area contributed by atoms with Gasteiger partial charge in [0, 0.05) is 13.2 Å². The summed E-state index contributed by atoms with van der Waals surface area (Å²) in [7, 11) is 1.53. The molecule has 1 aromatic carbocycles. The zero-order chi connectivity index (χ0) is 14.3. The van der Waals surface area contributed by atoms with Crippen molar-refractivity contribution in [3.8, 4) is 5.75 Å². The van der Waals surface area contributed by atoms with Gasteiger partial charge in [-0.2, -0.15) is 0 Å². The van der Waals surface area contributed by atoms with E-state index in [2.05, 4.69) is 0 Å². The van der Waals surface area contributed by atoms with Crippen LogP contribution in [0.2, 0.25) is 0 Å². The molecule has 0 bridgehead atoms. The number of ether oxygens (including phenoxy) is 3. The van der Waals surface area contributed by atoms with Gasteiger partial charge < -0.3 is 27.2 Å². The van der Waals surface area contributed by atoms with E-state index in [0.29, 0.717) is 19.3 Å². The molecule has 0 saturated carbocycles. The first kappa shape index (κ1) is 15.8. The van der Waals surface area contributed by atoms with Crippen molar-refractivity contribution >= 4 is 12.4 Å². The molecule has 0 aliphatic heterocycles. The number of methoxy groups -OCH3 is 1. The number of rotatable bonds is 8. The van der Waals surface area contributed by atoms with Gasteiger partial charge in [0.15, 0.2) is 0 Å². The molecule has 0 aliphatic carbocycles. The lowest BCUT2D eigenvalue weighted by molar-refractivity contribution is 0.0544. The van der Waals surface area contributed by atoms with Crippen LogP contribution in [0.25, 0.3) is 0 Å². The van der Waals surface area contributed by atoms with Crippen molar-refractivity contribution in [3.05, 3.63) is 24.0 Å². The third kappa shape index (κ3) is 5.48. The van der Waals surface area contributed by atoms with Crippen LogP contribution in [0.5, 0.6) is 5.75 Å². The second kappa shape index (κ2) is 7.35. The van der Waals surface area contributed by atoms with Gasteiger partial charge >= 0.3 is 6.98 Å². The van der Waals surface area contributed by atoms with E-state index in [0.717, 1.165) is 12.1 Å². The van der Waals surface area contributed by atoms with Crippen molar-refractivity contribution in [3.63, 3.8) is 0 Å². The third-order valence-electron chi connectivity index (χ3n) is 2.25. The minimum Gasteiger partial charge on any atom is -0.491 e. The molecule has 108 valence electrons. The maximum atomic E-state index is 13.2. The normalized spacial score (nSPS) is 11.6. The smallest absolute Gasteiger partial charge is 0.491 e. The highest BCUT2D eigenvalue weighted by atomic mass is 19.4. The second-order valence-corrected chi connectivity index (χ2v) is 3.71. The molecule has 0 heterocycles. The van der Waals surface area contributed by atoms with Gasteiger partial charge in [0.05, 0.1) is 25.6 Å². The Bertz CT molecular complexity index is 398. The molecule has 3 nitrogen and oxygen atoms in total. The summed E-state index contributed by atoms with van der Waals surface area (Å²) in [5.74, 6) is -1.29. The maximum absolute atomic E-state index is 13.2. The van der Waals surface area contributed by atoms with Gasteiger partial charge in [0.2, 0.25) is 0 Å². The fourth-order valence-electron chi connectivity index (χ4n) is 1.33. The van der Waals surface area contributed by atoms with Crippen LogP contribution in [0.15, 0.2) is 18.2 Å². The average Bonchev–Trinajstić information content (AvgIpc) is 2.32. The van der Waals surface area contributed by atoms with E-state index < -0.39 is 18.3 Å². The minimum absolute atomic E-state index is 0.0386. The monoisotopic (exact) mass is 281 g/mol. The van der Waals surface area contributed by atoms with Gasteiger partial charge in [0.1, 0.15) is 12.4 Å². The third-order valence-corrected chi connectivity index (χ3v) is 2.25. The molecule has 0 spiro atoms. The lowest BCUT2D eigenvalue weighted by Crippen LogP contribution is -2.36. The van der Waals surface area contributed by atoms with Gasteiger partial charge in [-0.05, 0) is 6.07 Å². The van der Waals surface area contributed by atoms with Crippen LogP contribution in [-0.4, -0.2) is 40.5 Å². The molecule has 0 unspecified atom stereocenters. The van der Waals surface area contributed by atoms with Gasteiger partial charge in [-0.15, -0.1) is 0 Å². The predicted octanol–water partition coefficient (Wildman–Crippen LogP) is 1.92. The Morgan fingerprint density at radius 3 is 2.32 bits per heavy atom. The van der Waals surface area contributed by atoms with E-state index in [1.165, 1.54) is 7.11 Å². The molecule has 19 heavy (non-hydrogen) atoms. The summed E-state index contributed by atoms with van der Waals surface area (Å²) < 4.78 is 65.2. The summed E-state index contributed by atoms with van der Waals surface area (Å²) in [5, 5.41) is 0. The Labute approximate surface area is 108 Å². The molecule has 1 aromatic rings. The average molecular weight is 281 g/mol. The lowest BCUT2D eigenvalue weighted by Gasteiger charge is -2.16. The summed E-state index contributed by atoms with van der Waals surface area (Å²) in [6, 6.07) is 2.49. The summed E-state index contributed by atoms with van der Waals surface area (Å²) in [5.41, 5.74) is -1.25. The Morgan fingerprint density at radius 2 is 1.74 bits per heavy atom. The van der Waals surface area contributed by atoms with Crippen LogP contribution in [0.3, 0.4) is 0 Å². The molecule has 8 heteroatoms. The maximum Gasteiger partial charge on any atom is 0.512 e. The molecule has 0 N–H and O–H groups in total. The number of hydrogen-bond acceptors (Lipinski definition) is 3. The first-order valence-electron chi connectivity index (χ1n) is 5.64. The van der Waals surface area contributed by atoms with E-state index in [9.17, 15) is 17.3 Å².